The Morgan fingerprint density at radius 3 is 2.81 bits per heavy atom. The lowest BCUT2D eigenvalue weighted by Gasteiger charge is -2.36. The molecule has 3 aromatic heterocycles. The highest BCUT2D eigenvalue weighted by Gasteiger charge is 2.36. The summed E-state index contributed by atoms with van der Waals surface area (Å²) < 4.78 is 16.1. The zero-order chi connectivity index (χ0) is 22.1. The first-order valence-electron chi connectivity index (χ1n) is 9.97. The number of hydrogen-bond donors (Lipinski definition) is 1. The number of amides is 1. The Kier molecular flexibility index (Phi) is 5.02. The number of methoxy groups -OCH3 is 2. The number of H-pyrrole nitrogens is 1. The van der Waals surface area contributed by atoms with Gasteiger partial charge in [0.15, 0.2) is 0 Å². The van der Waals surface area contributed by atoms with E-state index in [1.807, 2.05) is 18.2 Å². The van der Waals surface area contributed by atoms with E-state index >= 15 is 0 Å². The summed E-state index contributed by atoms with van der Waals surface area (Å²) in [6, 6.07) is 10.8. The summed E-state index contributed by atoms with van der Waals surface area (Å²) in [4.78, 5) is 23.1. The standard InChI is InChI=1S/C22H20N6O4/c1-30-15-5-6-19(31-2)16(8-15)17-9-18(26-25-17)22(29)28-11-14(12-28)21-24-20(27-32-21)13-4-3-7-23-10-13/h3-10,14H,11-12H2,1-2H3,(H,25,26). The fraction of sp³-hybridized carbons (Fsp3) is 0.227. The summed E-state index contributed by atoms with van der Waals surface area (Å²) in [6.45, 7) is 0.981. The van der Waals surface area contributed by atoms with Crippen molar-refractivity contribution in [3.63, 3.8) is 0 Å². The maximum atomic E-state index is 12.9. The van der Waals surface area contributed by atoms with E-state index in [0.29, 0.717) is 47.7 Å². The first-order chi connectivity index (χ1) is 15.7. The summed E-state index contributed by atoms with van der Waals surface area (Å²) in [6.07, 6.45) is 3.36. The molecule has 32 heavy (non-hydrogen) atoms. The number of aromatic nitrogens is 5. The van der Waals surface area contributed by atoms with Crippen molar-refractivity contribution >= 4 is 5.91 Å². The first kappa shape index (κ1) is 19.7. The van der Waals surface area contributed by atoms with E-state index in [-0.39, 0.29) is 11.8 Å². The Labute approximate surface area is 183 Å². The molecule has 1 aliphatic heterocycles. The topological polar surface area (TPSA) is 119 Å². The molecule has 162 valence electrons. The fourth-order valence-corrected chi connectivity index (χ4v) is 3.57. The maximum absolute atomic E-state index is 12.9. The van der Waals surface area contributed by atoms with Crippen molar-refractivity contribution in [2.45, 2.75) is 5.92 Å². The maximum Gasteiger partial charge on any atom is 0.271 e. The lowest BCUT2D eigenvalue weighted by Crippen LogP contribution is -2.48. The molecular formula is C22H20N6O4. The number of benzene rings is 1. The molecule has 1 aromatic carbocycles. The predicted molar refractivity (Wildman–Crippen MR) is 113 cm³/mol. The van der Waals surface area contributed by atoms with E-state index in [1.165, 1.54) is 0 Å². The summed E-state index contributed by atoms with van der Waals surface area (Å²) in [5, 5.41) is 11.1. The Bertz CT molecular complexity index is 1250. The molecule has 4 heterocycles. The molecule has 0 spiro atoms. The molecular weight excluding hydrogens is 412 g/mol. The molecule has 0 saturated carbocycles. The Morgan fingerprint density at radius 1 is 1.19 bits per heavy atom. The van der Waals surface area contributed by atoms with Crippen LogP contribution in [0.15, 0.2) is 53.3 Å². The summed E-state index contributed by atoms with van der Waals surface area (Å²) in [5.74, 6) is 2.17. The Morgan fingerprint density at radius 2 is 2.06 bits per heavy atom. The van der Waals surface area contributed by atoms with Crippen molar-refractivity contribution in [1.82, 2.24) is 30.2 Å². The minimum atomic E-state index is -0.145. The first-order valence-corrected chi connectivity index (χ1v) is 9.97. The van der Waals surface area contributed by atoms with Crippen LogP contribution in [0.25, 0.3) is 22.6 Å². The predicted octanol–water partition coefficient (Wildman–Crippen LogP) is 2.78. The second kappa shape index (κ2) is 8.14. The lowest BCUT2D eigenvalue weighted by atomic mass is 9.99. The molecule has 10 heteroatoms. The Hall–Kier alpha value is -4.21. The van der Waals surface area contributed by atoms with Crippen LogP contribution in [0, 0.1) is 0 Å². The number of nitrogens with zero attached hydrogens (tertiary/aromatic N) is 5. The van der Waals surface area contributed by atoms with Gasteiger partial charge in [0.1, 0.15) is 17.2 Å². The molecule has 0 unspecified atom stereocenters. The van der Waals surface area contributed by atoms with Gasteiger partial charge < -0.3 is 18.9 Å². The highest BCUT2D eigenvalue weighted by molar-refractivity contribution is 5.94. The number of likely N-dealkylation sites (tertiary alicyclic amines) is 1. The summed E-state index contributed by atoms with van der Waals surface area (Å²) >= 11 is 0. The van der Waals surface area contributed by atoms with E-state index < -0.39 is 0 Å². The second-order valence-corrected chi connectivity index (χ2v) is 7.34. The van der Waals surface area contributed by atoms with Gasteiger partial charge in [-0.1, -0.05) is 5.16 Å². The number of rotatable bonds is 6. The van der Waals surface area contributed by atoms with Crippen molar-refractivity contribution in [2.24, 2.45) is 0 Å². The van der Waals surface area contributed by atoms with Crippen LogP contribution in [0.1, 0.15) is 22.3 Å². The van der Waals surface area contributed by atoms with E-state index in [1.54, 1.807) is 49.7 Å². The SMILES string of the molecule is COc1ccc(OC)c(-c2cc(C(=O)N3CC(c4nc(-c5cccnc5)no4)C3)[nH]n2)c1. The minimum absolute atomic E-state index is 0.00209. The molecule has 4 aromatic rings. The molecule has 1 amide bonds. The molecule has 5 rings (SSSR count). The van der Waals surface area contributed by atoms with Crippen LogP contribution in [-0.2, 0) is 0 Å². The summed E-state index contributed by atoms with van der Waals surface area (Å²) in [5.41, 5.74) is 2.51. The average Bonchev–Trinajstić information content (AvgIpc) is 3.48. The van der Waals surface area contributed by atoms with Crippen molar-refractivity contribution in [3.05, 3.63) is 60.4 Å². The van der Waals surface area contributed by atoms with Crippen molar-refractivity contribution in [2.75, 3.05) is 27.3 Å². The van der Waals surface area contributed by atoms with Crippen LogP contribution in [0.5, 0.6) is 11.5 Å². The monoisotopic (exact) mass is 432 g/mol. The molecule has 0 atom stereocenters. The smallest absolute Gasteiger partial charge is 0.271 e. The molecule has 1 fully saturated rings. The molecule has 10 nitrogen and oxygen atoms in total. The third-order valence-corrected chi connectivity index (χ3v) is 5.37. The quantitative estimate of drug-likeness (QED) is 0.494. The lowest BCUT2D eigenvalue weighted by molar-refractivity contribution is 0.0563. The number of hydrogen-bond acceptors (Lipinski definition) is 8. The fourth-order valence-electron chi connectivity index (χ4n) is 3.57. The summed E-state index contributed by atoms with van der Waals surface area (Å²) in [7, 11) is 3.18. The van der Waals surface area contributed by atoms with Gasteiger partial charge in [0.2, 0.25) is 11.7 Å². The van der Waals surface area contributed by atoms with Gasteiger partial charge in [-0.25, -0.2) is 0 Å². The number of pyridine rings is 1. The molecule has 0 bridgehead atoms. The zero-order valence-corrected chi connectivity index (χ0v) is 17.5. The van der Waals surface area contributed by atoms with Gasteiger partial charge in [0.05, 0.1) is 25.8 Å². The zero-order valence-electron chi connectivity index (χ0n) is 17.5. The second-order valence-electron chi connectivity index (χ2n) is 7.34. The van der Waals surface area contributed by atoms with Gasteiger partial charge in [0.25, 0.3) is 5.91 Å². The molecule has 1 N–H and O–H groups in total. The van der Waals surface area contributed by atoms with Crippen LogP contribution in [0.2, 0.25) is 0 Å². The normalized spacial score (nSPS) is 13.6. The van der Waals surface area contributed by atoms with E-state index in [2.05, 4.69) is 25.3 Å². The van der Waals surface area contributed by atoms with Crippen LogP contribution in [-0.4, -0.2) is 63.4 Å². The number of ether oxygens (including phenoxy) is 2. The van der Waals surface area contributed by atoms with Crippen LogP contribution < -0.4 is 9.47 Å². The average molecular weight is 432 g/mol. The third kappa shape index (κ3) is 3.55. The Balaban J connectivity index is 1.27. The van der Waals surface area contributed by atoms with Crippen molar-refractivity contribution in [1.29, 1.82) is 0 Å². The van der Waals surface area contributed by atoms with E-state index in [9.17, 15) is 4.79 Å². The van der Waals surface area contributed by atoms with Gasteiger partial charge in [-0.15, -0.1) is 0 Å². The number of nitrogens with one attached hydrogen (secondary N) is 1. The van der Waals surface area contributed by atoms with Crippen LogP contribution in [0.4, 0.5) is 0 Å². The highest BCUT2D eigenvalue weighted by Crippen LogP contribution is 2.33. The largest absolute Gasteiger partial charge is 0.497 e. The number of carbonyl (C=O) groups excluding carboxylic acids is 1. The van der Waals surface area contributed by atoms with Crippen molar-refractivity contribution in [3.8, 4) is 34.1 Å². The van der Waals surface area contributed by atoms with Gasteiger partial charge in [-0.2, -0.15) is 10.1 Å². The van der Waals surface area contributed by atoms with Gasteiger partial charge >= 0.3 is 0 Å². The van der Waals surface area contributed by atoms with Crippen LogP contribution >= 0.6 is 0 Å². The third-order valence-electron chi connectivity index (χ3n) is 5.37. The van der Waals surface area contributed by atoms with Gasteiger partial charge in [0, 0.05) is 36.6 Å². The molecule has 0 aliphatic carbocycles. The highest BCUT2D eigenvalue weighted by atomic mass is 16.5. The number of aromatic amines is 1. The van der Waals surface area contributed by atoms with Gasteiger partial charge in [-0.05, 0) is 36.4 Å². The van der Waals surface area contributed by atoms with E-state index in [4.69, 9.17) is 14.0 Å². The van der Waals surface area contributed by atoms with E-state index in [0.717, 1.165) is 11.1 Å². The molecule has 0 radical (unpaired) electrons. The van der Waals surface area contributed by atoms with Crippen LogP contribution in [0.3, 0.4) is 0 Å². The molecule has 1 aliphatic rings. The number of carbonyl (C=O) groups is 1. The minimum Gasteiger partial charge on any atom is -0.497 e. The van der Waals surface area contributed by atoms with Crippen molar-refractivity contribution < 1.29 is 18.8 Å². The van der Waals surface area contributed by atoms with Gasteiger partial charge in [-0.3, -0.25) is 14.9 Å². The molecule has 1 saturated heterocycles.